The van der Waals surface area contributed by atoms with Crippen LogP contribution in [-0.4, -0.2) is 72.1 Å². The Hall–Kier alpha value is -4.46. The highest BCUT2D eigenvalue weighted by molar-refractivity contribution is 5.92. The molecule has 0 radical (unpaired) electrons. The smallest absolute Gasteiger partial charge is 0.382 e. The van der Waals surface area contributed by atoms with Crippen LogP contribution in [0, 0.1) is 0 Å². The Morgan fingerprint density at radius 1 is 0.795 bits per heavy atom. The fourth-order valence-corrected chi connectivity index (χ4v) is 3.71. The molecule has 44 heavy (non-hydrogen) atoms. The molecule has 0 aliphatic heterocycles. The van der Waals surface area contributed by atoms with Gasteiger partial charge < -0.3 is 32.1 Å². The lowest BCUT2D eigenvalue weighted by atomic mass is 10.0. The number of carbonyl (C=O) groups is 5. The van der Waals surface area contributed by atoms with Crippen LogP contribution < -0.4 is 27.0 Å². The summed E-state index contributed by atoms with van der Waals surface area (Å²) >= 11 is 0. The molecular weight excluding hydrogens is 583 g/mol. The first-order chi connectivity index (χ1) is 20.8. The summed E-state index contributed by atoms with van der Waals surface area (Å²) in [6, 6.07) is 14.3. The number of alkyl halides is 3. The van der Waals surface area contributed by atoms with Crippen molar-refractivity contribution >= 4 is 29.5 Å². The number of aliphatic hydroxyl groups excluding tert-OH is 1. The summed E-state index contributed by atoms with van der Waals surface area (Å²) < 4.78 is 39.0. The number of nitrogens with two attached hydrogens (primary N) is 1. The van der Waals surface area contributed by atoms with Gasteiger partial charge in [-0.3, -0.25) is 24.0 Å². The van der Waals surface area contributed by atoms with Gasteiger partial charge in [0.05, 0.1) is 25.6 Å². The number of nitrogens with one attached hydrogen (secondary N) is 4. The minimum Gasteiger partial charge on any atom is -0.382 e. The van der Waals surface area contributed by atoms with Crippen LogP contribution in [0.15, 0.2) is 60.7 Å². The molecule has 3 unspecified atom stereocenters. The van der Waals surface area contributed by atoms with Crippen molar-refractivity contribution in [2.24, 2.45) is 5.73 Å². The largest absolute Gasteiger partial charge is 0.416 e. The minimum atomic E-state index is -5.08. The summed E-state index contributed by atoms with van der Waals surface area (Å²) in [5.74, 6) is -3.93. The van der Waals surface area contributed by atoms with E-state index in [1.807, 2.05) is 5.32 Å². The monoisotopic (exact) mass is 623 g/mol. The van der Waals surface area contributed by atoms with Gasteiger partial charge in [-0.15, -0.1) is 0 Å². The van der Waals surface area contributed by atoms with Crippen LogP contribution in [0.3, 0.4) is 0 Å². The summed E-state index contributed by atoms with van der Waals surface area (Å²) in [6.45, 7) is 3.03. The molecule has 2 aromatic carbocycles. The molecule has 242 valence electrons. The van der Waals surface area contributed by atoms with Crippen molar-refractivity contribution in [3.05, 3.63) is 71.8 Å². The van der Waals surface area contributed by atoms with Crippen LogP contribution in [0.25, 0.3) is 0 Å². The number of halogens is 3. The fourth-order valence-electron chi connectivity index (χ4n) is 3.71. The van der Waals surface area contributed by atoms with Crippen molar-refractivity contribution in [2.45, 2.75) is 70.3 Å². The lowest BCUT2D eigenvalue weighted by Gasteiger charge is -2.26. The minimum absolute atomic E-state index is 0.00597. The third kappa shape index (κ3) is 15.7. The van der Waals surface area contributed by atoms with Gasteiger partial charge in [0, 0.05) is 12.8 Å². The number of aliphatic hydroxyl groups is 1. The van der Waals surface area contributed by atoms with E-state index in [4.69, 9.17) is 5.73 Å². The summed E-state index contributed by atoms with van der Waals surface area (Å²) in [5.41, 5.74) is 6.36. The molecule has 0 heterocycles. The van der Waals surface area contributed by atoms with Crippen molar-refractivity contribution in [3.63, 3.8) is 0 Å². The molecule has 11 nitrogen and oxygen atoms in total. The van der Waals surface area contributed by atoms with E-state index in [-0.39, 0.29) is 12.8 Å². The van der Waals surface area contributed by atoms with Crippen LogP contribution in [-0.2, 0) is 36.8 Å². The van der Waals surface area contributed by atoms with Crippen molar-refractivity contribution in [3.8, 4) is 0 Å². The van der Waals surface area contributed by atoms with E-state index in [1.165, 1.54) is 6.42 Å². The SMILES string of the molecule is CCC.NC(=O)CCC(NC(=O)CNC(=O)C(Cc1ccccc1)NC(=O)CNC(=O)Cc1ccccc1)C(O)C(F)(F)F. The average Bonchev–Trinajstić information content (AvgIpc) is 2.97. The van der Waals surface area contributed by atoms with E-state index in [0.29, 0.717) is 5.56 Å². The third-order valence-corrected chi connectivity index (χ3v) is 5.78. The van der Waals surface area contributed by atoms with Gasteiger partial charge in [-0.05, 0) is 17.5 Å². The van der Waals surface area contributed by atoms with Gasteiger partial charge in [0.25, 0.3) is 0 Å². The van der Waals surface area contributed by atoms with Crippen LogP contribution >= 0.6 is 0 Å². The van der Waals surface area contributed by atoms with Gasteiger partial charge in [0.15, 0.2) is 6.10 Å². The standard InChI is InChI=1S/C27H32F3N5O6.C3H8/c28-27(29,30)25(40)19(11-12-21(31)36)34-24(39)16-33-26(41)20(13-17-7-3-1-4-8-17)35-23(38)15-32-22(37)14-18-9-5-2-6-10-18;1-3-2/h1-10,19-20,25,40H,11-16H2,(H2,31,36)(H,32,37)(H,33,41)(H,34,39)(H,35,38);3H2,1-2H3. The number of rotatable bonds is 15. The van der Waals surface area contributed by atoms with Gasteiger partial charge in [0.1, 0.15) is 6.04 Å². The first-order valence-corrected chi connectivity index (χ1v) is 14.0. The Labute approximate surface area is 254 Å². The Morgan fingerprint density at radius 3 is 1.82 bits per heavy atom. The van der Waals surface area contributed by atoms with Gasteiger partial charge >= 0.3 is 6.18 Å². The highest BCUT2D eigenvalue weighted by Crippen LogP contribution is 2.24. The normalized spacial score (nSPS) is 12.8. The van der Waals surface area contributed by atoms with E-state index in [0.717, 1.165) is 5.56 Å². The van der Waals surface area contributed by atoms with Gasteiger partial charge in [-0.25, -0.2) is 0 Å². The Morgan fingerprint density at radius 2 is 1.30 bits per heavy atom. The predicted molar refractivity (Wildman–Crippen MR) is 157 cm³/mol. The molecule has 0 spiro atoms. The number of benzene rings is 2. The Balaban J connectivity index is 0.00000309. The maximum Gasteiger partial charge on any atom is 0.416 e. The molecule has 2 aromatic rings. The number of hydrogen-bond donors (Lipinski definition) is 6. The molecule has 14 heteroatoms. The maximum absolute atomic E-state index is 13.0. The summed E-state index contributed by atoms with van der Waals surface area (Å²) in [5, 5.41) is 18.7. The van der Waals surface area contributed by atoms with Crippen LogP contribution in [0.5, 0.6) is 0 Å². The topological polar surface area (TPSA) is 180 Å². The van der Waals surface area contributed by atoms with Crippen LogP contribution in [0.2, 0.25) is 0 Å². The van der Waals surface area contributed by atoms with E-state index < -0.39 is 79.8 Å². The molecule has 0 aromatic heterocycles. The molecule has 7 N–H and O–H groups in total. The predicted octanol–water partition coefficient (Wildman–Crippen LogP) is 1.28. The second kappa shape index (κ2) is 19.7. The first kappa shape index (κ1) is 37.6. The van der Waals surface area contributed by atoms with Crippen LogP contribution in [0.1, 0.15) is 44.2 Å². The second-order valence-electron chi connectivity index (χ2n) is 9.84. The molecule has 0 bridgehead atoms. The highest BCUT2D eigenvalue weighted by atomic mass is 19.4. The molecule has 5 amide bonds. The van der Waals surface area contributed by atoms with Gasteiger partial charge in [-0.1, -0.05) is 80.9 Å². The zero-order chi connectivity index (χ0) is 33.1. The van der Waals surface area contributed by atoms with Crippen molar-refractivity contribution in [1.29, 1.82) is 0 Å². The lowest BCUT2D eigenvalue weighted by molar-refractivity contribution is -0.212. The fraction of sp³-hybridized carbons (Fsp3) is 0.433. The summed E-state index contributed by atoms with van der Waals surface area (Å²) in [7, 11) is 0. The van der Waals surface area contributed by atoms with Gasteiger partial charge in [0.2, 0.25) is 29.5 Å². The summed E-state index contributed by atoms with van der Waals surface area (Å²) in [4.78, 5) is 60.9. The van der Waals surface area contributed by atoms with Crippen molar-refractivity contribution in [1.82, 2.24) is 21.3 Å². The molecule has 0 fully saturated rings. The van der Waals surface area contributed by atoms with E-state index >= 15 is 0 Å². The third-order valence-electron chi connectivity index (χ3n) is 5.78. The lowest BCUT2D eigenvalue weighted by Crippen LogP contribution is -2.54. The van der Waals surface area contributed by atoms with Crippen molar-refractivity contribution < 1.29 is 42.3 Å². The molecule has 0 aliphatic carbocycles. The average molecular weight is 624 g/mol. The molecule has 0 saturated carbocycles. The first-order valence-electron chi connectivity index (χ1n) is 14.0. The maximum atomic E-state index is 13.0. The number of amides is 5. The van der Waals surface area contributed by atoms with E-state index in [1.54, 1.807) is 60.7 Å². The van der Waals surface area contributed by atoms with Crippen molar-refractivity contribution in [2.75, 3.05) is 13.1 Å². The summed E-state index contributed by atoms with van der Waals surface area (Å²) in [6.07, 6.45) is -7.87. The van der Waals surface area contributed by atoms with Crippen LogP contribution in [0.4, 0.5) is 13.2 Å². The molecule has 0 saturated heterocycles. The van der Waals surface area contributed by atoms with E-state index in [2.05, 4.69) is 29.8 Å². The molecule has 2 rings (SSSR count). The molecular formula is C30H40F3N5O6. The number of primary amides is 1. The second-order valence-corrected chi connectivity index (χ2v) is 9.84. The highest BCUT2D eigenvalue weighted by Gasteiger charge is 2.44. The quantitative estimate of drug-likeness (QED) is 0.174. The zero-order valence-corrected chi connectivity index (χ0v) is 24.7. The number of hydrogen-bond acceptors (Lipinski definition) is 6. The Bertz CT molecular complexity index is 1200. The number of carbonyl (C=O) groups excluding carboxylic acids is 5. The zero-order valence-electron chi connectivity index (χ0n) is 24.7. The molecule has 3 atom stereocenters. The van der Waals surface area contributed by atoms with E-state index in [9.17, 15) is 42.3 Å². The Kier molecular flexibility index (Phi) is 16.8. The molecule has 0 aliphatic rings. The van der Waals surface area contributed by atoms with Gasteiger partial charge in [-0.2, -0.15) is 13.2 Å².